The summed E-state index contributed by atoms with van der Waals surface area (Å²) in [6.07, 6.45) is 1.47. The first kappa shape index (κ1) is 24.1. The summed E-state index contributed by atoms with van der Waals surface area (Å²) < 4.78 is 21.6. The van der Waals surface area contributed by atoms with Crippen molar-refractivity contribution < 1.29 is 126 Å². The maximum atomic E-state index is 9.24. The Balaban J connectivity index is -0.0000000564. The van der Waals surface area contributed by atoms with Crippen LogP contribution in [0.1, 0.15) is 0 Å². The fourth-order valence-electron chi connectivity index (χ4n) is 0.0544. The van der Waals surface area contributed by atoms with Crippen LogP contribution < -0.4 is 113 Å². The average molecular weight is 271 g/mol. The zero-order chi connectivity index (χ0) is 7.86. The number of alkyl halides is 1. The Labute approximate surface area is 156 Å². The van der Waals surface area contributed by atoms with Gasteiger partial charge >= 0.3 is 119 Å². The normalized spacial score (nSPS) is 9.09. The molecule has 0 aliphatic carbocycles. The first-order chi connectivity index (χ1) is 4.13. The van der Waals surface area contributed by atoms with E-state index < -0.39 is 16.5 Å². The van der Waals surface area contributed by atoms with Crippen LogP contribution in [0.25, 0.3) is 0 Å². The van der Waals surface area contributed by atoms with E-state index in [-0.39, 0.29) is 103 Å². The molecule has 0 aromatic rings. The van der Waals surface area contributed by atoms with Crippen molar-refractivity contribution in [1.29, 1.82) is 0 Å². The van der Waals surface area contributed by atoms with Crippen LogP contribution >= 0.6 is 28.1 Å². The largest absolute Gasteiger partial charge is 1.00 e. The Morgan fingerprint density at radius 3 is 1.27 bits per heavy atom. The van der Waals surface area contributed by atoms with Crippen molar-refractivity contribution in [3.8, 4) is 0 Å². The molecule has 2 unspecified atom stereocenters. The van der Waals surface area contributed by atoms with Gasteiger partial charge in [0.15, 0.2) is 0 Å². The van der Waals surface area contributed by atoms with Gasteiger partial charge in [0.05, 0.1) is 0 Å². The van der Waals surface area contributed by atoms with Crippen molar-refractivity contribution >= 4 is 28.1 Å². The maximum absolute atomic E-state index is 9.24. The van der Waals surface area contributed by atoms with Crippen molar-refractivity contribution in [2.24, 2.45) is 0 Å². The molecule has 0 bridgehead atoms. The molecule has 0 aromatic heterocycles. The third-order valence-corrected chi connectivity index (χ3v) is 1.20. The second-order valence-corrected chi connectivity index (χ2v) is 2.08. The molecule has 0 spiro atoms. The van der Waals surface area contributed by atoms with Crippen LogP contribution in [0.3, 0.4) is 0 Å². The van der Waals surface area contributed by atoms with Gasteiger partial charge in [0.25, 0.3) is 0 Å². The van der Waals surface area contributed by atoms with Gasteiger partial charge in [-0.2, -0.15) is 0 Å². The first-order valence-electron chi connectivity index (χ1n) is 1.47. The molecular formula is CH3ClK2O5P2+2. The molecule has 0 saturated heterocycles. The Hall–Kier alpha value is 3.64. The van der Waals surface area contributed by atoms with E-state index in [4.69, 9.17) is 0 Å². The van der Waals surface area contributed by atoms with Crippen molar-refractivity contribution in [2.75, 3.05) is 6.38 Å². The average Bonchev–Trinajstić information content (AvgIpc) is 1.68. The van der Waals surface area contributed by atoms with Crippen LogP contribution in [0.5, 0.6) is 0 Å². The number of hydrogen-bond acceptors (Lipinski definition) is 5. The van der Waals surface area contributed by atoms with Gasteiger partial charge in [0.2, 0.25) is 0 Å². The molecule has 0 aromatic carbocycles. The van der Waals surface area contributed by atoms with Gasteiger partial charge < -0.3 is 9.79 Å². The summed E-state index contributed by atoms with van der Waals surface area (Å²) in [5, 5.41) is 0. The molecule has 5 nitrogen and oxygen atoms in total. The minimum absolute atomic E-state index is 0. The van der Waals surface area contributed by atoms with E-state index in [1.165, 1.54) is 6.38 Å². The predicted molar refractivity (Wildman–Crippen MR) is 28.1 cm³/mol. The second kappa shape index (κ2) is 19.3. The molecule has 54 valence electrons. The van der Waals surface area contributed by atoms with E-state index in [9.17, 15) is 18.9 Å². The Bertz CT molecular complexity index is 98.7. The minimum atomic E-state index is -3.24. The van der Waals surface area contributed by atoms with Gasteiger partial charge in [-0.25, -0.2) is 0 Å². The Morgan fingerprint density at radius 2 is 1.27 bits per heavy atom. The Kier molecular flexibility index (Phi) is 42.1. The van der Waals surface area contributed by atoms with Crippen LogP contribution in [-0.2, 0) is 13.4 Å². The van der Waals surface area contributed by atoms with E-state index in [1.807, 2.05) is 0 Å². The number of rotatable bonds is 2. The Morgan fingerprint density at radius 1 is 1.09 bits per heavy atom. The number of hydrogen-bond donors (Lipinski definition) is 0. The second-order valence-electron chi connectivity index (χ2n) is 0.529. The van der Waals surface area contributed by atoms with E-state index >= 15 is 0 Å². The number of halogens is 1. The van der Waals surface area contributed by atoms with Crippen molar-refractivity contribution in [1.82, 2.24) is 0 Å². The van der Waals surface area contributed by atoms with E-state index in [2.05, 4.69) is 15.9 Å². The van der Waals surface area contributed by atoms with Crippen LogP contribution in [0, 0.1) is 0 Å². The van der Waals surface area contributed by atoms with Crippen molar-refractivity contribution in [3.63, 3.8) is 0 Å². The molecule has 0 fully saturated rings. The molecule has 0 aliphatic rings. The first-order valence-corrected chi connectivity index (χ1v) is 4.42. The molecule has 0 N–H and O–H groups in total. The summed E-state index contributed by atoms with van der Waals surface area (Å²) in [4.78, 5) is 18.5. The van der Waals surface area contributed by atoms with Gasteiger partial charge in [0, 0.05) is 6.38 Å². The molecule has 0 saturated carbocycles. The summed E-state index contributed by atoms with van der Waals surface area (Å²) in [6.45, 7) is 0. The molecule has 0 heterocycles. The minimum Gasteiger partial charge on any atom is -0.563 e. The van der Waals surface area contributed by atoms with Crippen LogP contribution in [0.15, 0.2) is 0 Å². The third-order valence-electron chi connectivity index (χ3n) is 0.133. The van der Waals surface area contributed by atoms with Crippen LogP contribution in [0.4, 0.5) is 0 Å². The fourth-order valence-corrected chi connectivity index (χ4v) is 0.490. The summed E-state index contributed by atoms with van der Waals surface area (Å²) in [6, 6.07) is 0. The summed E-state index contributed by atoms with van der Waals surface area (Å²) >= 11 is 4.64. The van der Waals surface area contributed by atoms with Crippen LogP contribution in [0.2, 0.25) is 0 Å². The molecule has 2 atom stereocenters. The molecule has 0 amide bonds. The topological polar surface area (TPSA) is 89.5 Å². The van der Waals surface area contributed by atoms with Gasteiger partial charge in [-0.15, -0.1) is 11.6 Å². The summed E-state index contributed by atoms with van der Waals surface area (Å²) in [7, 11) is -6.47. The summed E-state index contributed by atoms with van der Waals surface area (Å²) in [5.41, 5.74) is 0. The maximum Gasteiger partial charge on any atom is 1.00 e. The van der Waals surface area contributed by atoms with Crippen molar-refractivity contribution in [3.05, 3.63) is 0 Å². The SMILES string of the molecule is CCl.O=[P+]([O-])O[P+](=O)[O-].[K+].[K+]. The van der Waals surface area contributed by atoms with Crippen LogP contribution in [-0.4, -0.2) is 6.38 Å². The van der Waals surface area contributed by atoms with E-state index in [0.717, 1.165) is 0 Å². The van der Waals surface area contributed by atoms with Gasteiger partial charge in [-0.3, -0.25) is 0 Å². The van der Waals surface area contributed by atoms with E-state index in [1.54, 1.807) is 0 Å². The molecular weight excluding hydrogens is 268 g/mol. The van der Waals surface area contributed by atoms with Gasteiger partial charge in [0.1, 0.15) is 4.31 Å². The predicted octanol–water partition coefficient (Wildman–Crippen LogP) is -6.10. The summed E-state index contributed by atoms with van der Waals surface area (Å²) in [5.74, 6) is 0. The van der Waals surface area contributed by atoms with E-state index in [0.29, 0.717) is 0 Å². The third kappa shape index (κ3) is 31.7. The monoisotopic (exact) mass is 270 g/mol. The zero-order valence-electron chi connectivity index (χ0n) is 6.31. The fraction of sp³-hybridized carbons (Fsp3) is 1.00. The smallest absolute Gasteiger partial charge is 0.563 e. The molecule has 0 radical (unpaired) electrons. The standard InChI is InChI=1S/CH3Cl.2K.O5P2/c1-2;;;1-6(2)5-7(3)4/h1H3;;;/q;2*+1;. The zero-order valence-corrected chi connectivity index (χ0v) is 15.1. The van der Waals surface area contributed by atoms with Gasteiger partial charge in [-0.05, 0) is 9.13 Å². The molecule has 11 heavy (non-hydrogen) atoms. The molecule has 0 rings (SSSR count). The quantitative estimate of drug-likeness (QED) is 0.283. The van der Waals surface area contributed by atoms with Gasteiger partial charge in [-0.1, -0.05) is 0 Å². The van der Waals surface area contributed by atoms with Crippen molar-refractivity contribution in [2.45, 2.75) is 0 Å². The molecule has 10 heteroatoms. The molecule has 0 aliphatic heterocycles.